The van der Waals surface area contributed by atoms with Gasteiger partial charge in [-0.25, -0.2) is 4.79 Å². The lowest BCUT2D eigenvalue weighted by Gasteiger charge is -2.24. The SMILES string of the molecule is COc1ccc(/C=C2/SC3C=CC=CC3=[N+](CC(=O)NC3CCCCC3)C2=O)cc1Br. The maximum absolute atomic E-state index is 13.4. The summed E-state index contributed by atoms with van der Waals surface area (Å²) in [5.74, 6) is 0.511. The topological polar surface area (TPSA) is 58.4 Å². The molecule has 1 N–H and O–H groups in total. The van der Waals surface area contributed by atoms with E-state index in [-0.39, 0.29) is 29.7 Å². The van der Waals surface area contributed by atoms with E-state index in [1.165, 1.54) is 18.2 Å². The number of methoxy groups -OCH3 is 1. The summed E-state index contributed by atoms with van der Waals surface area (Å²) in [5.41, 5.74) is 1.76. The lowest BCUT2D eigenvalue weighted by molar-refractivity contribution is -0.434. The predicted molar refractivity (Wildman–Crippen MR) is 128 cm³/mol. The van der Waals surface area contributed by atoms with Crippen LogP contribution in [0.3, 0.4) is 0 Å². The van der Waals surface area contributed by atoms with Gasteiger partial charge in [0.1, 0.15) is 15.9 Å². The van der Waals surface area contributed by atoms with Crippen molar-refractivity contribution in [3.05, 3.63) is 57.4 Å². The summed E-state index contributed by atoms with van der Waals surface area (Å²) in [6.45, 7) is 0.0452. The first kappa shape index (κ1) is 22.1. The fourth-order valence-corrected chi connectivity index (χ4v) is 5.88. The number of thioether (sulfide) groups is 1. The molecule has 0 spiro atoms. The Bertz CT molecular complexity index is 1010. The van der Waals surface area contributed by atoms with Gasteiger partial charge in [-0.05, 0) is 52.5 Å². The maximum Gasteiger partial charge on any atom is 0.426 e. The highest BCUT2D eigenvalue weighted by atomic mass is 79.9. The Morgan fingerprint density at radius 2 is 2.10 bits per heavy atom. The van der Waals surface area contributed by atoms with Crippen molar-refractivity contribution in [2.24, 2.45) is 0 Å². The van der Waals surface area contributed by atoms with Crippen LogP contribution in [-0.2, 0) is 9.59 Å². The summed E-state index contributed by atoms with van der Waals surface area (Å²) in [7, 11) is 1.62. The number of carbonyl (C=O) groups is 2. The Hall–Kier alpha value is -2.12. The second-order valence-electron chi connectivity index (χ2n) is 7.90. The molecule has 1 saturated carbocycles. The van der Waals surface area contributed by atoms with E-state index < -0.39 is 0 Å². The van der Waals surface area contributed by atoms with E-state index in [1.54, 1.807) is 11.7 Å². The molecular weight excluding hydrogens is 476 g/mol. The third-order valence-electron chi connectivity index (χ3n) is 5.72. The van der Waals surface area contributed by atoms with Crippen molar-refractivity contribution < 1.29 is 18.9 Å². The molecule has 31 heavy (non-hydrogen) atoms. The molecule has 3 aliphatic rings. The van der Waals surface area contributed by atoms with E-state index in [9.17, 15) is 9.59 Å². The van der Waals surface area contributed by atoms with Gasteiger partial charge in [-0.2, -0.15) is 0 Å². The molecule has 4 rings (SSSR count). The highest BCUT2D eigenvalue weighted by Gasteiger charge is 2.39. The van der Waals surface area contributed by atoms with Crippen LogP contribution in [0.1, 0.15) is 37.7 Å². The molecule has 1 aliphatic heterocycles. The van der Waals surface area contributed by atoms with Crippen molar-refractivity contribution in [3.63, 3.8) is 0 Å². The molecule has 0 radical (unpaired) electrons. The zero-order valence-corrected chi connectivity index (χ0v) is 19.9. The number of amides is 2. The summed E-state index contributed by atoms with van der Waals surface area (Å²) < 4.78 is 7.75. The summed E-state index contributed by atoms with van der Waals surface area (Å²) in [4.78, 5) is 26.8. The third-order valence-corrected chi connectivity index (χ3v) is 7.54. The number of nitrogens with zero attached hydrogens (tertiary/aromatic N) is 1. The molecule has 2 aliphatic carbocycles. The van der Waals surface area contributed by atoms with Crippen LogP contribution in [0.4, 0.5) is 0 Å². The molecule has 162 valence electrons. The van der Waals surface area contributed by atoms with Crippen LogP contribution in [0.2, 0.25) is 0 Å². The Morgan fingerprint density at radius 3 is 2.84 bits per heavy atom. The Balaban J connectivity index is 1.58. The van der Waals surface area contributed by atoms with E-state index >= 15 is 0 Å². The Morgan fingerprint density at radius 1 is 1.29 bits per heavy atom. The van der Waals surface area contributed by atoms with Crippen LogP contribution < -0.4 is 10.1 Å². The van der Waals surface area contributed by atoms with Crippen molar-refractivity contribution in [2.75, 3.05) is 13.7 Å². The van der Waals surface area contributed by atoms with Crippen LogP contribution in [-0.4, -0.2) is 47.0 Å². The van der Waals surface area contributed by atoms with Crippen LogP contribution in [0, 0.1) is 0 Å². The number of nitrogens with one attached hydrogen (secondary N) is 1. The molecule has 7 heteroatoms. The van der Waals surface area contributed by atoms with Gasteiger partial charge in [0.2, 0.25) is 12.3 Å². The zero-order chi connectivity index (χ0) is 21.8. The molecule has 0 bridgehead atoms. The molecule has 1 fully saturated rings. The first-order valence-corrected chi connectivity index (χ1v) is 12.3. The molecule has 1 aromatic carbocycles. The second-order valence-corrected chi connectivity index (χ2v) is 9.94. The normalized spacial score (nSPS) is 22.6. The fraction of sp³-hybridized carbons (Fsp3) is 0.375. The van der Waals surface area contributed by atoms with Crippen molar-refractivity contribution >= 4 is 51.3 Å². The van der Waals surface area contributed by atoms with Gasteiger partial charge in [-0.1, -0.05) is 55.3 Å². The molecule has 1 aromatic rings. The number of benzene rings is 1. The third kappa shape index (κ3) is 5.21. The Labute approximate surface area is 195 Å². The van der Waals surface area contributed by atoms with Crippen LogP contribution in [0.25, 0.3) is 6.08 Å². The molecule has 0 saturated heterocycles. The molecule has 5 nitrogen and oxygen atoms in total. The monoisotopic (exact) mass is 501 g/mol. The second kappa shape index (κ2) is 10.0. The van der Waals surface area contributed by atoms with E-state index in [0.717, 1.165) is 47.2 Å². The molecule has 2 amide bonds. The van der Waals surface area contributed by atoms with Crippen LogP contribution in [0.5, 0.6) is 5.75 Å². The summed E-state index contributed by atoms with van der Waals surface area (Å²) >= 11 is 5.02. The number of carbonyl (C=O) groups excluding carboxylic acids is 2. The van der Waals surface area contributed by atoms with Gasteiger partial charge in [-0.15, -0.1) is 4.58 Å². The van der Waals surface area contributed by atoms with Crippen molar-refractivity contribution in [2.45, 2.75) is 43.4 Å². The molecule has 1 unspecified atom stereocenters. The van der Waals surface area contributed by atoms with Gasteiger partial charge in [0.15, 0.2) is 0 Å². The number of hydrogen-bond acceptors (Lipinski definition) is 4. The van der Waals surface area contributed by atoms with Crippen LogP contribution in [0.15, 0.2) is 51.9 Å². The van der Waals surface area contributed by atoms with Gasteiger partial charge >= 0.3 is 5.91 Å². The van der Waals surface area contributed by atoms with E-state index in [1.807, 2.05) is 42.5 Å². The number of allylic oxidation sites excluding steroid dienone is 3. The first-order chi connectivity index (χ1) is 15.0. The minimum Gasteiger partial charge on any atom is -0.496 e. The average Bonchev–Trinajstić information content (AvgIpc) is 2.77. The van der Waals surface area contributed by atoms with Crippen LogP contribution >= 0.6 is 27.7 Å². The van der Waals surface area contributed by atoms with Gasteiger partial charge in [0.25, 0.3) is 5.91 Å². The standard InChI is InChI=1S/C24H25BrN2O3S/c1-30-20-12-11-16(13-18(20)25)14-22-24(29)27(19-9-5-6-10-21(19)31-22)15-23(28)26-17-7-3-2-4-8-17/h5-6,9-14,17,21H,2-4,7-8,15H2,1H3/p+1/b22-14+. The smallest absolute Gasteiger partial charge is 0.426 e. The quantitative estimate of drug-likeness (QED) is 0.477. The highest BCUT2D eigenvalue weighted by molar-refractivity contribution is 9.10. The minimum absolute atomic E-state index is 0.0121. The average molecular weight is 502 g/mol. The predicted octanol–water partition coefficient (Wildman–Crippen LogP) is 4.47. The summed E-state index contributed by atoms with van der Waals surface area (Å²) in [5, 5.41) is 3.14. The summed E-state index contributed by atoms with van der Waals surface area (Å²) in [6, 6.07) is 5.94. The van der Waals surface area contributed by atoms with Crippen molar-refractivity contribution in [3.8, 4) is 5.75 Å². The molecule has 0 aromatic heterocycles. The van der Waals surface area contributed by atoms with E-state index in [0.29, 0.717) is 4.91 Å². The van der Waals surface area contributed by atoms with Crippen molar-refractivity contribution in [1.82, 2.24) is 5.32 Å². The fourth-order valence-electron chi connectivity index (χ4n) is 4.14. The minimum atomic E-state index is -0.137. The lowest BCUT2D eigenvalue weighted by Crippen LogP contribution is -2.46. The first-order valence-electron chi connectivity index (χ1n) is 10.6. The number of fused-ring (bicyclic) bond motifs is 1. The largest absolute Gasteiger partial charge is 0.496 e. The van der Waals surface area contributed by atoms with E-state index in [4.69, 9.17) is 4.74 Å². The maximum atomic E-state index is 13.4. The number of ether oxygens (including phenoxy) is 1. The van der Waals surface area contributed by atoms with E-state index in [2.05, 4.69) is 27.3 Å². The zero-order valence-electron chi connectivity index (χ0n) is 17.5. The highest BCUT2D eigenvalue weighted by Crippen LogP contribution is 2.34. The molecular formula is C24H26BrN2O3S+. The number of rotatable bonds is 5. The molecule has 1 atom stereocenters. The Kier molecular flexibility index (Phi) is 7.13. The number of hydrogen-bond donors (Lipinski definition) is 1. The van der Waals surface area contributed by atoms with Gasteiger partial charge < -0.3 is 10.1 Å². The number of halogens is 1. The van der Waals surface area contributed by atoms with Gasteiger partial charge in [0, 0.05) is 12.1 Å². The molecule has 1 heterocycles. The lowest BCUT2D eigenvalue weighted by atomic mass is 9.95. The van der Waals surface area contributed by atoms with Crippen molar-refractivity contribution in [1.29, 1.82) is 0 Å². The summed E-state index contributed by atoms with van der Waals surface area (Å²) in [6.07, 6.45) is 15.4. The van der Waals surface area contributed by atoms with Gasteiger partial charge in [-0.3, -0.25) is 4.79 Å². The van der Waals surface area contributed by atoms with Gasteiger partial charge in [0.05, 0.1) is 11.6 Å².